The van der Waals surface area contributed by atoms with Crippen LogP contribution in [-0.2, 0) is 12.7 Å². The normalized spacial score (nSPS) is 11.4. The van der Waals surface area contributed by atoms with E-state index in [9.17, 15) is 22.8 Å². The summed E-state index contributed by atoms with van der Waals surface area (Å²) in [7, 11) is 1.42. The summed E-state index contributed by atoms with van der Waals surface area (Å²) < 4.78 is 43.5. The summed E-state index contributed by atoms with van der Waals surface area (Å²) in [6, 6.07) is 18.6. The van der Waals surface area contributed by atoms with E-state index in [1.165, 1.54) is 36.9 Å². The number of alkyl halides is 3. The van der Waals surface area contributed by atoms with E-state index in [0.717, 1.165) is 31.6 Å². The number of ether oxygens (including phenoxy) is 1. The summed E-state index contributed by atoms with van der Waals surface area (Å²) in [5.74, 6) is -0.0283. The summed E-state index contributed by atoms with van der Waals surface area (Å²) in [6.45, 7) is 6.43. The highest BCUT2D eigenvalue weighted by Crippen LogP contribution is 2.30. The van der Waals surface area contributed by atoms with Gasteiger partial charge in [-0.15, -0.1) is 0 Å². The lowest BCUT2D eigenvalue weighted by Gasteiger charge is -2.26. The summed E-state index contributed by atoms with van der Waals surface area (Å²) >= 11 is 0. The highest BCUT2D eigenvalue weighted by Gasteiger charge is 2.30. The Morgan fingerprint density at radius 2 is 1.56 bits per heavy atom. The number of anilines is 2. The van der Waals surface area contributed by atoms with E-state index in [1.807, 2.05) is 18.2 Å². The summed E-state index contributed by atoms with van der Waals surface area (Å²) in [5, 5.41) is 7.97. The van der Waals surface area contributed by atoms with Gasteiger partial charge in [-0.1, -0.05) is 30.3 Å². The molecule has 0 unspecified atom stereocenters. The van der Waals surface area contributed by atoms with Gasteiger partial charge < -0.3 is 20.7 Å². The highest BCUT2D eigenvalue weighted by atomic mass is 19.4. The van der Waals surface area contributed by atoms with Gasteiger partial charge in [0.15, 0.2) is 0 Å². The molecule has 0 atom stereocenters. The Morgan fingerprint density at radius 3 is 2.18 bits per heavy atom. The fourth-order valence-corrected chi connectivity index (χ4v) is 3.91. The molecule has 0 bridgehead atoms. The lowest BCUT2D eigenvalue weighted by molar-refractivity contribution is -0.137. The maximum Gasteiger partial charge on any atom is 0.416 e. The number of rotatable bonds is 11. The number of carbonyl (C=O) groups excluding carboxylic acids is 2. The molecule has 0 spiro atoms. The van der Waals surface area contributed by atoms with Crippen LogP contribution in [0.2, 0.25) is 0 Å². The molecule has 0 aliphatic rings. The van der Waals surface area contributed by atoms with Crippen LogP contribution in [0, 0.1) is 0 Å². The van der Waals surface area contributed by atoms with Crippen LogP contribution in [0.15, 0.2) is 72.8 Å². The summed E-state index contributed by atoms with van der Waals surface area (Å²) in [6.07, 6.45) is -3.69. The van der Waals surface area contributed by atoms with Crippen LogP contribution in [-0.4, -0.2) is 43.1 Å². The Morgan fingerprint density at radius 1 is 0.923 bits per heavy atom. The number of nitrogens with one attached hydrogen (secondary N) is 3. The second-order valence-electron chi connectivity index (χ2n) is 9.23. The molecule has 3 N–H and O–H groups in total. The molecule has 0 saturated heterocycles. The molecule has 0 aliphatic carbocycles. The Kier molecular flexibility index (Phi) is 10.3. The monoisotopic (exact) mass is 542 g/mol. The van der Waals surface area contributed by atoms with Crippen molar-refractivity contribution in [3.63, 3.8) is 0 Å². The molecule has 3 aromatic rings. The highest BCUT2D eigenvalue weighted by molar-refractivity contribution is 6.01. The Labute approximate surface area is 226 Å². The fourth-order valence-electron chi connectivity index (χ4n) is 3.91. The fraction of sp³-hybridized carbons (Fsp3) is 0.310. The zero-order valence-corrected chi connectivity index (χ0v) is 22.1. The Balaban J connectivity index is 1.51. The predicted octanol–water partition coefficient (Wildman–Crippen LogP) is 6.39. The van der Waals surface area contributed by atoms with Crippen LogP contribution in [0.4, 0.5) is 29.3 Å². The first-order chi connectivity index (χ1) is 18.6. The predicted molar refractivity (Wildman–Crippen MR) is 146 cm³/mol. The molecular formula is C29H33F3N4O3. The molecule has 0 fully saturated rings. The number of amides is 3. The van der Waals surface area contributed by atoms with E-state index >= 15 is 0 Å². The van der Waals surface area contributed by atoms with Gasteiger partial charge in [-0.05, 0) is 62.2 Å². The van der Waals surface area contributed by atoms with Gasteiger partial charge in [-0.25, -0.2) is 4.79 Å². The number of hydrogen-bond acceptors (Lipinski definition) is 4. The first-order valence-corrected chi connectivity index (χ1v) is 12.6. The molecule has 0 aromatic heterocycles. The number of hydrogen-bond donors (Lipinski definition) is 3. The second kappa shape index (κ2) is 13.7. The largest absolute Gasteiger partial charge is 0.496 e. The number of carbonyl (C=O) groups is 2. The Bertz CT molecular complexity index is 1230. The van der Waals surface area contributed by atoms with E-state index < -0.39 is 17.8 Å². The van der Waals surface area contributed by atoms with Gasteiger partial charge in [0.05, 0.1) is 18.2 Å². The third-order valence-corrected chi connectivity index (χ3v) is 6.04. The smallest absolute Gasteiger partial charge is 0.416 e. The van der Waals surface area contributed by atoms with Crippen molar-refractivity contribution >= 4 is 23.3 Å². The van der Waals surface area contributed by atoms with E-state index in [1.54, 1.807) is 6.07 Å². The van der Waals surface area contributed by atoms with Gasteiger partial charge >= 0.3 is 12.2 Å². The zero-order valence-electron chi connectivity index (χ0n) is 22.1. The van der Waals surface area contributed by atoms with Gasteiger partial charge in [-0.3, -0.25) is 9.69 Å². The molecular weight excluding hydrogens is 509 g/mol. The minimum absolute atomic E-state index is 0.197. The average Bonchev–Trinajstić information content (AvgIpc) is 2.90. The van der Waals surface area contributed by atoms with Crippen LogP contribution in [0.5, 0.6) is 5.75 Å². The molecule has 3 aromatic carbocycles. The molecule has 3 rings (SSSR count). The second-order valence-corrected chi connectivity index (χ2v) is 9.23. The third kappa shape index (κ3) is 9.03. The van der Waals surface area contributed by atoms with Crippen molar-refractivity contribution in [3.05, 3.63) is 89.5 Å². The lowest BCUT2D eigenvalue weighted by Crippen LogP contribution is -2.34. The third-order valence-electron chi connectivity index (χ3n) is 6.04. The topological polar surface area (TPSA) is 82.7 Å². The van der Waals surface area contributed by atoms with Crippen LogP contribution in [0.25, 0.3) is 0 Å². The van der Waals surface area contributed by atoms with E-state index in [-0.39, 0.29) is 17.3 Å². The van der Waals surface area contributed by atoms with Crippen molar-refractivity contribution in [2.24, 2.45) is 0 Å². The molecule has 3 amide bonds. The quantitative estimate of drug-likeness (QED) is 0.245. The zero-order chi connectivity index (χ0) is 28.4. The van der Waals surface area contributed by atoms with Crippen molar-refractivity contribution < 1.29 is 27.5 Å². The first-order valence-electron chi connectivity index (χ1n) is 12.6. The van der Waals surface area contributed by atoms with Gasteiger partial charge in [-0.2, -0.15) is 13.2 Å². The van der Waals surface area contributed by atoms with Crippen LogP contribution >= 0.6 is 0 Å². The van der Waals surface area contributed by atoms with Gasteiger partial charge in [0, 0.05) is 43.1 Å². The van der Waals surface area contributed by atoms with Crippen molar-refractivity contribution in [2.45, 2.75) is 39.0 Å². The van der Waals surface area contributed by atoms with Crippen molar-refractivity contribution in [1.82, 2.24) is 10.2 Å². The number of benzene rings is 3. The molecule has 208 valence electrons. The average molecular weight is 543 g/mol. The SMILES string of the molecule is COc1cc(NC(=O)Nc2ccc(C(F)(F)F)cc2)ccc1C(=O)NCCCN(Cc1ccccc1)C(C)C. The maximum absolute atomic E-state index is 12.8. The van der Waals surface area contributed by atoms with Crippen molar-refractivity contribution in [1.29, 1.82) is 0 Å². The van der Waals surface area contributed by atoms with E-state index in [2.05, 4.69) is 46.8 Å². The molecule has 0 saturated carbocycles. The van der Waals surface area contributed by atoms with E-state index in [4.69, 9.17) is 4.74 Å². The standard InChI is InChI=1S/C29H33F3N4O3/c1-20(2)36(19-21-8-5-4-6-9-21)17-7-16-33-27(37)25-15-14-24(18-26(25)39-3)35-28(38)34-23-12-10-22(11-13-23)29(30,31)32/h4-6,8-15,18,20H,7,16-17,19H2,1-3H3,(H,33,37)(H2,34,35,38). The van der Waals surface area contributed by atoms with Gasteiger partial charge in [0.1, 0.15) is 5.75 Å². The number of urea groups is 1. The summed E-state index contributed by atoms with van der Waals surface area (Å²) in [5.41, 5.74) is 1.29. The van der Waals surface area contributed by atoms with Crippen LogP contribution in [0.1, 0.15) is 41.8 Å². The molecule has 0 heterocycles. The molecule has 7 nitrogen and oxygen atoms in total. The number of halogens is 3. The first kappa shape index (κ1) is 29.5. The molecule has 0 radical (unpaired) electrons. The number of methoxy groups -OCH3 is 1. The van der Waals surface area contributed by atoms with Gasteiger partial charge in [0.2, 0.25) is 0 Å². The minimum atomic E-state index is -4.46. The van der Waals surface area contributed by atoms with Crippen LogP contribution in [0.3, 0.4) is 0 Å². The van der Waals surface area contributed by atoms with Crippen molar-refractivity contribution in [3.8, 4) is 5.75 Å². The summed E-state index contributed by atoms with van der Waals surface area (Å²) in [4.78, 5) is 27.4. The van der Waals surface area contributed by atoms with Gasteiger partial charge in [0.25, 0.3) is 5.91 Å². The van der Waals surface area contributed by atoms with E-state index in [0.29, 0.717) is 23.8 Å². The molecule has 39 heavy (non-hydrogen) atoms. The minimum Gasteiger partial charge on any atom is -0.496 e. The number of nitrogens with zero attached hydrogens (tertiary/aromatic N) is 1. The van der Waals surface area contributed by atoms with Crippen LogP contribution < -0.4 is 20.7 Å². The molecule has 10 heteroatoms. The Hall–Kier alpha value is -4.05. The van der Waals surface area contributed by atoms with Crippen molar-refractivity contribution in [2.75, 3.05) is 30.8 Å². The lowest BCUT2D eigenvalue weighted by atomic mass is 10.1. The molecule has 0 aliphatic heterocycles. The maximum atomic E-state index is 12.8.